The number of hydrogen-bond donors (Lipinski definition) is 1. The number of nitrogens with one attached hydrogen (secondary N) is 1. The van der Waals surface area contributed by atoms with Crippen LogP contribution in [-0.2, 0) is 12.8 Å². The average Bonchev–Trinajstić information content (AvgIpc) is 3.10. The van der Waals surface area contributed by atoms with Gasteiger partial charge in [-0.05, 0) is 62.1 Å². The van der Waals surface area contributed by atoms with Gasteiger partial charge >= 0.3 is 5.69 Å². The number of anilines is 1. The zero-order chi connectivity index (χ0) is 20.5. The van der Waals surface area contributed by atoms with Crippen molar-refractivity contribution >= 4 is 17.3 Å². The van der Waals surface area contributed by atoms with E-state index in [0.29, 0.717) is 12.1 Å². The van der Waals surface area contributed by atoms with Crippen LogP contribution in [0.2, 0.25) is 0 Å². The van der Waals surface area contributed by atoms with Crippen molar-refractivity contribution in [1.29, 1.82) is 0 Å². The second kappa shape index (κ2) is 7.42. The molecule has 0 bridgehead atoms. The van der Waals surface area contributed by atoms with Gasteiger partial charge in [-0.3, -0.25) is 14.9 Å². The van der Waals surface area contributed by atoms with Gasteiger partial charge in [-0.2, -0.15) is 9.49 Å². The summed E-state index contributed by atoms with van der Waals surface area (Å²) in [7, 11) is 0. The van der Waals surface area contributed by atoms with Gasteiger partial charge in [0.15, 0.2) is 5.69 Å². The van der Waals surface area contributed by atoms with Gasteiger partial charge in [0.2, 0.25) is 5.82 Å². The van der Waals surface area contributed by atoms with Gasteiger partial charge in [-0.15, -0.1) is 0 Å². The van der Waals surface area contributed by atoms with Crippen LogP contribution in [0.4, 0.5) is 20.2 Å². The minimum absolute atomic E-state index is 0.101. The molecule has 3 aromatic rings. The first-order chi connectivity index (χ1) is 13.9. The number of carbonyl (C=O) groups is 1. The Labute approximate surface area is 164 Å². The van der Waals surface area contributed by atoms with Crippen LogP contribution in [-0.4, -0.2) is 20.6 Å². The van der Waals surface area contributed by atoms with Crippen molar-refractivity contribution in [2.45, 2.75) is 25.7 Å². The first-order valence-electron chi connectivity index (χ1n) is 9.06. The molecule has 2 aromatic carbocycles. The second-order valence-electron chi connectivity index (χ2n) is 6.75. The lowest BCUT2D eigenvalue weighted by Crippen LogP contribution is -2.15. The number of nitrogens with zero attached hydrogens (tertiary/aromatic N) is 3. The lowest BCUT2D eigenvalue weighted by molar-refractivity contribution is -0.387. The van der Waals surface area contributed by atoms with Crippen molar-refractivity contribution in [3.63, 3.8) is 0 Å². The second-order valence-corrected chi connectivity index (χ2v) is 6.75. The van der Waals surface area contributed by atoms with E-state index in [-0.39, 0.29) is 17.2 Å². The lowest BCUT2D eigenvalue weighted by atomic mass is 9.95. The fraction of sp³-hybridized carbons (Fsp3) is 0.200. The Kier molecular flexibility index (Phi) is 4.79. The summed E-state index contributed by atoms with van der Waals surface area (Å²) in [5, 5.41) is 17.9. The molecule has 7 nitrogen and oxygen atoms in total. The molecule has 0 radical (unpaired) electrons. The molecule has 0 fully saturated rings. The Morgan fingerprint density at radius 2 is 1.83 bits per heavy atom. The number of aromatic nitrogens is 2. The van der Waals surface area contributed by atoms with E-state index < -0.39 is 22.3 Å². The molecular weight excluding hydrogens is 382 g/mol. The van der Waals surface area contributed by atoms with Gasteiger partial charge in [0.05, 0.1) is 10.6 Å². The van der Waals surface area contributed by atoms with Crippen LogP contribution >= 0.6 is 0 Å². The fourth-order valence-corrected chi connectivity index (χ4v) is 3.50. The molecule has 0 aliphatic heterocycles. The van der Waals surface area contributed by atoms with Crippen LogP contribution in [0.1, 0.15) is 34.6 Å². The predicted molar refractivity (Wildman–Crippen MR) is 101 cm³/mol. The molecule has 148 valence electrons. The standard InChI is InChI=1S/C20H16F2N4O3/c21-12-5-8-14(9-6-12)25-17-4-2-1-3-15(17)19(24-25)20(27)23-13-7-10-16(22)18(11-13)26(28)29/h5-11H,1-4H2,(H,23,27). The number of carbonyl (C=O) groups excluding carboxylic acids is 1. The smallest absolute Gasteiger partial charge is 0.306 e. The average molecular weight is 398 g/mol. The van der Waals surface area contributed by atoms with Gasteiger partial charge in [-0.25, -0.2) is 9.07 Å². The minimum atomic E-state index is -0.981. The highest BCUT2D eigenvalue weighted by Crippen LogP contribution is 2.28. The summed E-state index contributed by atoms with van der Waals surface area (Å²) >= 11 is 0. The molecule has 1 amide bonds. The molecule has 1 aliphatic rings. The van der Waals surface area contributed by atoms with Gasteiger partial charge < -0.3 is 5.32 Å². The first kappa shape index (κ1) is 18.7. The molecule has 0 saturated carbocycles. The maximum Gasteiger partial charge on any atom is 0.306 e. The maximum atomic E-state index is 13.5. The van der Waals surface area contributed by atoms with Crippen LogP contribution < -0.4 is 5.32 Å². The highest BCUT2D eigenvalue weighted by Gasteiger charge is 2.26. The third-order valence-corrected chi connectivity index (χ3v) is 4.87. The van der Waals surface area contributed by atoms with Crippen LogP contribution in [0.15, 0.2) is 42.5 Å². The molecule has 0 unspecified atom stereocenters. The molecule has 1 heterocycles. The zero-order valence-electron chi connectivity index (χ0n) is 15.2. The molecular formula is C20H16F2N4O3. The van der Waals surface area contributed by atoms with E-state index >= 15 is 0 Å². The quantitative estimate of drug-likeness (QED) is 0.527. The third kappa shape index (κ3) is 3.58. The number of hydrogen-bond acceptors (Lipinski definition) is 4. The van der Waals surface area contributed by atoms with Crippen molar-refractivity contribution in [2.75, 3.05) is 5.32 Å². The van der Waals surface area contributed by atoms with Crippen LogP contribution in [0.3, 0.4) is 0 Å². The van der Waals surface area contributed by atoms with Crippen molar-refractivity contribution in [1.82, 2.24) is 9.78 Å². The number of halogens is 2. The molecule has 1 aromatic heterocycles. The molecule has 4 rings (SSSR count). The normalized spacial score (nSPS) is 13.0. The Morgan fingerprint density at radius 3 is 2.55 bits per heavy atom. The van der Waals surface area contributed by atoms with Crippen molar-refractivity contribution in [3.05, 3.63) is 81.2 Å². The lowest BCUT2D eigenvalue weighted by Gasteiger charge is -2.14. The monoisotopic (exact) mass is 398 g/mol. The molecule has 0 spiro atoms. The maximum absolute atomic E-state index is 13.5. The summed E-state index contributed by atoms with van der Waals surface area (Å²) < 4.78 is 28.4. The molecule has 0 saturated heterocycles. The summed E-state index contributed by atoms with van der Waals surface area (Å²) in [4.78, 5) is 22.9. The molecule has 0 atom stereocenters. The van der Waals surface area contributed by atoms with Gasteiger partial charge in [0.25, 0.3) is 5.91 Å². The third-order valence-electron chi connectivity index (χ3n) is 4.87. The number of benzene rings is 2. The summed E-state index contributed by atoms with van der Waals surface area (Å²) in [5.41, 5.74) is 1.91. The van der Waals surface area contributed by atoms with E-state index in [4.69, 9.17) is 0 Å². The topological polar surface area (TPSA) is 90.1 Å². The number of amides is 1. The number of nitro benzene ring substituents is 1. The summed E-state index contributed by atoms with van der Waals surface area (Å²) in [6, 6.07) is 8.97. The Hall–Kier alpha value is -3.62. The SMILES string of the molecule is O=C(Nc1ccc(F)c([N+](=O)[O-])c1)c1nn(-c2ccc(F)cc2)c2c1CCCC2. The number of fused-ring (bicyclic) bond motifs is 1. The van der Waals surface area contributed by atoms with Crippen molar-refractivity contribution in [2.24, 2.45) is 0 Å². The fourth-order valence-electron chi connectivity index (χ4n) is 3.50. The number of nitro groups is 1. The van der Waals surface area contributed by atoms with Gasteiger partial charge in [-0.1, -0.05) is 0 Å². The van der Waals surface area contributed by atoms with E-state index in [1.807, 2.05) is 0 Å². The van der Waals surface area contributed by atoms with Gasteiger partial charge in [0.1, 0.15) is 5.82 Å². The van der Waals surface area contributed by atoms with Crippen LogP contribution in [0.5, 0.6) is 0 Å². The van der Waals surface area contributed by atoms with Crippen LogP contribution in [0, 0.1) is 21.7 Å². The number of rotatable bonds is 4. The predicted octanol–water partition coefficient (Wildman–Crippen LogP) is 4.19. The highest BCUT2D eigenvalue weighted by atomic mass is 19.1. The summed E-state index contributed by atoms with van der Waals surface area (Å²) in [6.07, 6.45) is 3.26. The van der Waals surface area contributed by atoms with E-state index in [2.05, 4.69) is 10.4 Å². The molecule has 1 N–H and O–H groups in total. The zero-order valence-corrected chi connectivity index (χ0v) is 15.2. The Morgan fingerprint density at radius 1 is 1.10 bits per heavy atom. The van der Waals surface area contributed by atoms with E-state index in [0.717, 1.165) is 42.7 Å². The largest absolute Gasteiger partial charge is 0.320 e. The Balaban J connectivity index is 1.70. The molecule has 29 heavy (non-hydrogen) atoms. The van der Waals surface area contributed by atoms with Crippen molar-refractivity contribution in [3.8, 4) is 5.69 Å². The van der Waals surface area contributed by atoms with E-state index in [9.17, 15) is 23.7 Å². The summed E-state index contributed by atoms with van der Waals surface area (Å²) in [5.74, 6) is -1.89. The van der Waals surface area contributed by atoms with E-state index in [1.165, 1.54) is 18.2 Å². The van der Waals surface area contributed by atoms with Gasteiger partial charge in [0, 0.05) is 23.0 Å². The molecule has 1 aliphatic carbocycles. The Bertz CT molecular complexity index is 1110. The minimum Gasteiger partial charge on any atom is -0.320 e. The summed E-state index contributed by atoms with van der Waals surface area (Å²) in [6.45, 7) is 0. The van der Waals surface area contributed by atoms with Crippen molar-refractivity contribution < 1.29 is 18.5 Å². The van der Waals surface area contributed by atoms with Crippen LogP contribution in [0.25, 0.3) is 5.69 Å². The molecule has 9 heteroatoms. The van der Waals surface area contributed by atoms with E-state index in [1.54, 1.807) is 16.8 Å². The highest BCUT2D eigenvalue weighted by molar-refractivity contribution is 6.04. The first-order valence-corrected chi connectivity index (χ1v) is 9.06.